The maximum atomic E-state index is 13.7. The fourth-order valence-electron chi connectivity index (χ4n) is 6.02. The van der Waals surface area contributed by atoms with Crippen LogP contribution in [0.1, 0.15) is 36.0 Å². The molecule has 2 aromatic carbocycles. The number of hydrogen-bond acceptors (Lipinski definition) is 4. The van der Waals surface area contributed by atoms with E-state index in [1.807, 2.05) is 48.2 Å². The number of nitrogens with one attached hydrogen (secondary N) is 2. The molecule has 0 unspecified atom stereocenters. The van der Waals surface area contributed by atoms with Crippen LogP contribution in [-0.4, -0.2) is 34.4 Å². The highest BCUT2D eigenvalue weighted by Gasteiger charge is 2.65. The van der Waals surface area contributed by atoms with Gasteiger partial charge in [0.25, 0.3) is 0 Å². The van der Waals surface area contributed by atoms with E-state index in [0.29, 0.717) is 0 Å². The first-order valence-corrected chi connectivity index (χ1v) is 12.0. The smallest absolute Gasteiger partial charge is 0.250 e. The van der Waals surface area contributed by atoms with Crippen LogP contribution in [0, 0.1) is 5.92 Å². The minimum absolute atomic E-state index is 0.0276. The topological polar surface area (TPSA) is 61.4 Å². The van der Waals surface area contributed by atoms with Crippen LogP contribution in [0.4, 0.5) is 11.4 Å². The molecule has 3 atom stereocenters. The Balaban J connectivity index is 1.41. The number of aryl methyl sites for hydroxylation is 1. The molecule has 4 aliphatic rings. The van der Waals surface area contributed by atoms with E-state index in [1.54, 1.807) is 0 Å². The third-order valence-corrected chi connectivity index (χ3v) is 8.43. The van der Waals surface area contributed by atoms with Crippen molar-refractivity contribution in [3.05, 3.63) is 59.2 Å². The Labute approximate surface area is 180 Å². The molecule has 0 saturated carbocycles. The lowest BCUT2D eigenvalue weighted by Gasteiger charge is -2.36. The molecule has 154 valence electrons. The van der Waals surface area contributed by atoms with Gasteiger partial charge in [0.2, 0.25) is 11.8 Å². The Bertz CT molecular complexity index is 1050. The molecule has 2 N–H and O–H groups in total. The molecule has 2 amide bonds. The highest BCUT2D eigenvalue weighted by atomic mass is 32.2. The van der Waals surface area contributed by atoms with Gasteiger partial charge in [0.15, 0.2) is 0 Å². The lowest BCUT2D eigenvalue weighted by molar-refractivity contribution is -0.134. The van der Waals surface area contributed by atoms with Crippen molar-refractivity contribution in [3.8, 4) is 0 Å². The summed E-state index contributed by atoms with van der Waals surface area (Å²) >= 11 is 1.85. The van der Waals surface area contributed by atoms with Gasteiger partial charge in [0.05, 0.1) is 5.92 Å². The third-order valence-electron chi connectivity index (χ3n) is 7.35. The summed E-state index contributed by atoms with van der Waals surface area (Å²) in [5.41, 5.74) is 4.45. The van der Waals surface area contributed by atoms with E-state index in [9.17, 15) is 9.59 Å². The van der Waals surface area contributed by atoms with Gasteiger partial charge in [-0.05, 0) is 55.4 Å². The number of thioether (sulfide) groups is 1. The van der Waals surface area contributed by atoms with Gasteiger partial charge in [-0.25, -0.2) is 0 Å². The molecular formula is C24H25N3O2S. The summed E-state index contributed by atoms with van der Waals surface area (Å²) in [5.74, 6) is 1.29. The zero-order chi connectivity index (χ0) is 20.3. The number of anilines is 2. The van der Waals surface area contributed by atoms with Gasteiger partial charge < -0.3 is 10.6 Å². The van der Waals surface area contributed by atoms with Gasteiger partial charge in [-0.2, -0.15) is 0 Å². The van der Waals surface area contributed by atoms with Crippen LogP contribution >= 0.6 is 11.8 Å². The Morgan fingerprint density at radius 2 is 2.00 bits per heavy atom. The molecule has 2 aromatic rings. The summed E-state index contributed by atoms with van der Waals surface area (Å²) in [4.78, 5) is 29.5. The van der Waals surface area contributed by atoms with Crippen molar-refractivity contribution in [1.82, 2.24) is 4.90 Å². The van der Waals surface area contributed by atoms with Crippen LogP contribution in [0.2, 0.25) is 0 Å². The fourth-order valence-corrected chi connectivity index (χ4v) is 7.33. The van der Waals surface area contributed by atoms with Crippen LogP contribution in [0.5, 0.6) is 0 Å². The predicted octanol–water partition coefficient (Wildman–Crippen LogP) is 3.75. The van der Waals surface area contributed by atoms with E-state index in [1.165, 1.54) is 17.5 Å². The van der Waals surface area contributed by atoms with E-state index in [4.69, 9.17) is 0 Å². The van der Waals surface area contributed by atoms with Crippen LogP contribution in [0.3, 0.4) is 0 Å². The predicted molar refractivity (Wildman–Crippen MR) is 120 cm³/mol. The van der Waals surface area contributed by atoms with E-state index < -0.39 is 11.5 Å². The van der Waals surface area contributed by atoms with Crippen molar-refractivity contribution in [1.29, 1.82) is 0 Å². The van der Waals surface area contributed by atoms with Crippen molar-refractivity contribution < 1.29 is 9.59 Å². The number of carbonyl (C=O) groups is 2. The lowest BCUT2D eigenvalue weighted by atomic mass is 9.78. The zero-order valence-electron chi connectivity index (χ0n) is 16.8. The molecule has 30 heavy (non-hydrogen) atoms. The minimum Gasteiger partial charge on any atom is -0.326 e. The van der Waals surface area contributed by atoms with Crippen LogP contribution < -0.4 is 10.6 Å². The summed E-state index contributed by atoms with van der Waals surface area (Å²) in [5, 5.41) is 6.32. The second kappa shape index (κ2) is 6.86. The molecule has 3 heterocycles. The Morgan fingerprint density at radius 1 is 1.13 bits per heavy atom. The molecule has 2 saturated heterocycles. The minimum atomic E-state index is -0.899. The van der Waals surface area contributed by atoms with Gasteiger partial charge in [0.1, 0.15) is 5.54 Å². The van der Waals surface area contributed by atoms with Crippen molar-refractivity contribution in [2.24, 2.45) is 5.92 Å². The molecule has 5 nitrogen and oxygen atoms in total. The number of nitrogens with zero attached hydrogens (tertiary/aromatic N) is 1. The standard InChI is InChI=1S/C24H25N3O2S/c28-22(25-20-11-5-7-15-6-1-2-8-17(15)20)19-12-16-13-30-14-27(16)24(19)18-9-3-4-10-21(18)26-23(24)29/h3-5,7,9-11,16,19H,1-2,6,8,12-14H2,(H,25,28)(H,26,29)/t16-,19+,24+/m1/s1. The van der Waals surface area contributed by atoms with E-state index >= 15 is 0 Å². The van der Waals surface area contributed by atoms with Gasteiger partial charge in [0, 0.05) is 34.6 Å². The normalized spacial score (nSPS) is 29.4. The molecule has 6 heteroatoms. The number of hydrogen-bond donors (Lipinski definition) is 2. The average Bonchev–Trinajstić information content (AvgIpc) is 3.43. The number of benzene rings is 2. The molecule has 2 fully saturated rings. The van der Waals surface area contributed by atoms with E-state index in [-0.39, 0.29) is 17.9 Å². The van der Waals surface area contributed by atoms with Gasteiger partial charge in [-0.3, -0.25) is 14.5 Å². The summed E-state index contributed by atoms with van der Waals surface area (Å²) in [6, 6.07) is 14.4. The van der Waals surface area contributed by atoms with Gasteiger partial charge >= 0.3 is 0 Å². The third kappa shape index (κ3) is 2.47. The summed E-state index contributed by atoms with van der Waals surface area (Å²) in [6.45, 7) is 0. The highest BCUT2D eigenvalue weighted by molar-refractivity contribution is 7.99. The van der Waals surface area contributed by atoms with Crippen LogP contribution in [0.15, 0.2) is 42.5 Å². The van der Waals surface area contributed by atoms with Gasteiger partial charge in [-0.15, -0.1) is 11.8 Å². The molecule has 0 radical (unpaired) electrons. The van der Waals surface area contributed by atoms with Gasteiger partial charge in [-0.1, -0.05) is 30.3 Å². The first kappa shape index (κ1) is 18.5. The van der Waals surface area contributed by atoms with Crippen molar-refractivity contribution in [3.63, 3.8) is 0 Å². The van der Waals surface area contributed by atoms with Crippen LogP contribution in [0.25, 0.3) is 0 Å². The monoisotopic (exact) mass is 419 g/mol. The Kier molecular flexibility index (Phi) is 4.22. The molecule has 1 aliphatic carbocycles. The van der Waals surface area contributed by atoms with E-state index in [0.717, 1.165) is 54.3 Å². The molecule has 3 aliphatic heterocycles. The first-order chi connectivity index (χ1) is 14.7. The van der Waals surface area contributed by atoms with Crippen molar-refractivity contribution in [2.45, 2.75) is 43.7 Å². The maximum Gasteiger partial charge on any atom is 0.250 e. The van der Waals surface area contributed by atoms with Crippen LogP contribution in [-0.2, 0) is 28.0 Å². The SMILES string of the molecule is O=C(Nc1cccc2c1CCCC2)[C@@H]1C[C@@H]2CSCN2[C@]12C(=O)Nc1ccccc12. The Hall–Kier alpha value is -2.31. The summed E-state index contributed by atoms with van der Waals surface area (Å²) in [6.07, 6.45) is 5.18. The fraction of sp³-hybridized carbons (Fsp3) is 0.417. The van der Waals surface area contributed by atoms with E-state index in [2.05, 4.69) is 21.6 Å². The number of rotatable bonds is 2. The van der Waals surface area contributed by atoms with Crippen molar-refractivity contribution in [2.75, 3.05) is 22.3 Å². The number of fused-ring (bicyclic) bond motifs is 5. The summed E-state index contributed by atoms with van der Waals surface area (Å²) in [7, 11) is 0. The average molecular weight is 420 g/mol. The quantitative estimate of drug-likeness (QED) is 0.778. The lowest BCUT2D eigenvalue weighted by Crippen LogP contribution is -2.53. The molecule has 6 rings (SSSR count). The second-order valence-electron chi connectivity index (χ2n) is 8.82. The summed E-state index contributed by atoms with van der Waals surface area (Å²) < 4.78 is 0. The number of carbonyl (C=O) groups excluding carboxylic acids is 2. The largest absolute Gasteiger partial charge is 0.326 e. The molecular weight excluding hydrogens is 394 g/mol. The molecule has 0 bridgehead atoms. The molecule has 0 aromatic heterocycles. The second-order valence-corrected chi connectivity index (χ2v) is 9.82. The Morgan fingerprint density at radius 3 is 2.93 bits per heavy atom. The first-order valence-electron chi connectivity index (χ1n) is 10.9. The number of para-hydroxylation sites is 1. The maximum absolute atomic E-state index is 13.7. The highest BCUT2D eigenvalue weighted by Crippen LogP contribution is 2.55. The number of amides is 2. The zero-order valence-corrected chi connectivity index (χ0v) is 17.6. The molecule has 1 spiro atoms. The van der Waals surface area contributed by atoms with Crippen molar-refractivity contribution >= 4 is 35.0 Å².